The van der Waals surface area contributed by atoms with Crippen molar-refractivity contribution in [2.24, 2.45) is 0 Å². The first-order valence-corrected chi connectivity index (χ1v) is 7.22. The van der Waals surface area contributed by atoms with Crippen LogP contribution in [-0.2, 0) is 0 Å². The summed E-state index contributed by atoms with van der Waals surface area (Å²) in [6.07, 6.45) is 5.47. The number of ketones is 1. The third-order valence-electron chi connectivity index (χ3n) is 4.03. The summed E-state index contributed by atoms with van der Waals surface area (Å²) in [5.74, 6) is 0.118. The summed E-state index contributed by atoms with van der Waals surface area (Å²) in [7, 11) is 2.22. The minimum atomic E-state index is 0.118. The second-order valence-corrected chi connectivity index (χ2v) is 5.48. The van der Waals surface area contributed by atoms with E-state index >= 15 is 0 Å². The summed E-state index contributed by atoms with van der Waals surface area (Å²) in [6, 6.07) is 8.50. The van der Waals surface area contributed by atoms with Crippen LogP contribution in [0.25, 0.3) is 0 Å². The van der Waals surface area contributed by atoms with Gasteiger partial charge in [0, 0.05) is 30.4 Å². The third-order valence-corrected chi connectivity index (χ3v) is 4.03. The quantitative estimate of drug-likeness (QED) is 0.797. The molecule has 0 aliphatic heterocycles. The van der Waals surface area contributed by atoms with Gasteiger partial charge < -0.3 is 10.2 Å². The van der Waals surface area contributed by atoms with Crippen molar-refractivity contribution in [2.75, 3.05) is 25.5 Å². The van der Waals surface area contributed by atoms with Crippen LogP contribution >= 0.6 is 0 Å². The largest absolute Gasteiger partial charge is 0.384 e. The third kappa shape index (κ3) is 4.06. The molecule has 1 aromatic rings. The van der Waals surface area contributed by atoms with Gasteiger partial charge in [0.25, 0.3) is 0 Å². The molecule has 0 radical (unpaired) electrons. The van der Waals surface area contributed by atoms with Crippen LogP contribution < -0.4 is 5.32 Å². The molecule has 1 saturated carbocycles. The number of likely N-dealkylation sites (N-methyl/N-ethyl adjacent to an activating group) is 1. The number of nitrogens with one attached hydrogen (secondary N) is 1. The highest BCUT2D eigenvalue weighted by Crippen LogP contribution is 2.22. The number of hydrogen-bond donors (Lipinski definition) is 1. The van der Waals surface area contributed by atoms with E-state index < -0.39 is 0 Å². The number of carbonyl (C=O) groups is 1. The van der Waals surface area contributed by atoms with Gasteiger partial charge in [-0.05, 0) is 51.1 Å². The molecule has 0 saturated heterocycles. The maximum atomic E-state index is 11.2. The van der Waals surface area contributed by atoms with E-state index in [-0.39, 0.29) is 5.78 Å². The molecule has 1 aromatic carbocycles. The zero-order valence-corrected chi connectivity index (χ0v) is 12.0. The Bertz CT molecular complexity index is 407. The Labute approximate surface area is 116 Å². The van der Waals surface area contributed by atoms with Gasteiger partial charge in [0.2, 0.25) is 0 Å². The number of anilines is 1. The molecular weight excluding hydrogens is 236 g/mol. The van der Waals surface area contributed by atoms with E-state index in [9.17, 15) is 4.79 Å². The molecule has 2 rings (SSSR count). The summed E-state index contributed by atoms with van der Waals surface area (Å²) in [5.41, 5.74) is 1.86. The van der Waals surface area contributed by atoms with Crippen LogP contribution in [0, 0.1) is 0 Å². The first-order valence-electron chi connectivity index (χ1n) is 7.22. The van der Waals surface area contributed by atoms with E-state index in [4.69, 9.17) is 0 Å². The SMILES string of the molecule is CC(=O)c1ccc(NCCN(C)C2CCCC2)cc1. The van der Waals surface area contributed by atoms with Crippen molar-refractivity contribution < 1.29 is 4.79 Å². The van der Waals surface area contributed by atoms with Crippen LogP contribution in [-0.4, -0.2) is 36.9 Å². The molecule has 19 heavy (non-hydrogen) atoms. The van der Waals surface area contributed by atoms with E-state index in [1.54, 1.807) is 6.92 Å². The van der Waals surface area contributed by atoms with Crippen molar-refractivity contribution in [3.8, 4) is 0 Å². The highest BCUT2D eigenvalue weighted by molar-refractivity contribution is 5.94. The Hall–Kier alpha value is -1.35. The van der Waals surface area contributed by atoms with Crippen LogP contribution in [0.3, 0.4) is 0 Å². The fraction of sp³-hybridized carbons (Fsp3) is 0.562. The Balaban J connectivity index is 1.74. The standard InChI is InChI=1S/C16H24N2O/c1-13(19)14-7-9-15(10-8-14)17-11-12-18(2)16-5-3-4-6-16/h7-10,16-17H,3-6,11-12H2,1-2H3. The lowest BCUT2D eigenvalue weighted by Crippen LogP contribution is -2.33. The Morgan fingerprint density at radius 1 is 1.26 bits per heavy atom. The summed E-state index contributed by atoms with van der Waals surface area (Å²) in [5, 5.41) is 3.41. The number of carbonyl (C=O) groups excluding carboxylic acids is 1. The molecule has 0 heterocycles. The molecule has 3 heteroatoms. The van der Waals surface area contributed by atoms with Crippen molar-refractivity contribution in [1.82, 2.24) is 4.90 Å². The maximum absolute atomic E-state index is 11.2. The second kappa shape index (κ2) is 6.71. The average molecular weight is 260 g/mol. The van der Waals surface area contributed by atoms with Gasteiger partial charge in [-0.3, -0.25) is 4.79 Å². The van der Waals surface area contributed by atoms with Gasteiger partial charge in [-0.15, -0.1) is 0 Å². The summed E-state index contributed by atoms with van der Waals surface area (Å²) in [4.78, 5) is 13.6. The first kappa shape index (κ1) is 14.1. The molecule has 1 aliphatic carbocycles. The topological polar surface area (TPSA) is 32.3 Å². The van der Waals surface area contributed by atoms with Gasteiger partial charge in [-0.1, -0.05) is 12.8 Å². The fourth-order valence-corrected chi connectivity index (χ4v) is 2.73. The van der Waals surface area contributed by atoms with Gasteiger partial charge >= 0.3 is 0 Å². The van der Waals surface area contributed by atoms with Gasteiger partial charge in [-0.25, -0.2) is 0 Å². The normalized spacial score (nSPS) is 15.9. The van der Waals surface area contributed by atoms with Gasteiger partial charge in [0.15, 0.2) is 5.78 Å². The van der Waals surface area contributed by atoms with E-state index in [1.807, 2.05) is 24.3 Å². The van der Waals surface area contributed by atoms with Crippen LogP contribution in [0.5, 0.6) is 0 Å². The zero-order valence-electron chi connectivity index (χ0n) is 12.0. The van der Waals surface area contributed by atoms with Crippen molar-refractivity contribution in [3.05, 3.63) is 29.8 Å². The lowest BCUT2D eigenvalue weighted by molar-refractivity contribution is 0.101. The number of hydrogen-bond acceptors (Lipinski definition) is 3. The van der Waals surface area contributed by atoms with Crippen LogP contribution in [0.15, 0.2) is 24.3 Å². The molecule has 1 fully saturated rings. The molecule has 0 aromatic heterocycles. The summed E-state index contributed by atoms with van der Waals surface area (Å²) >= 11 is 0. The smallest absolute Gasteiger partial charge is 0.159 e. The molecule has 0 spiro atoms. The van der Waals surface area contributed by atoms with Crippen molar-refractivity contribution in [3.63, 3.8) is 0 Å². The second-order valence-electron chi connectivity index (χ2n) is 5.48. The monoisotopic (exact) mass is 260 g/mol. The Kier molecular flexibility index (Phi) is 4.97. The average Bonchev–Trinajstić information content (AvgIpc) is 2.93. The Morgan fingerprint density at radius 2 is 1.89 bits per heavy atom. The molecule has 0 atom stereocenters. The predicted octanol–water partition coefficient (Wildman–Crippen LogP) is 3.18. The minimum absolute atomic E-state index is 0.118. The highest BCUT2D eigenvalue weighted by atomic mass is 16.1. The van der Waals surface area contributed by atoms with Gasteiger partial charge in [0.1, 0.15) is 0 Å². The minimum Gasteiger partial charge on any atom is -0.384 e. The van der Waals surface area contributed by atoms with Gasteiger partial charge in [-0.2, -0.15) is 0 Å². The van der Waals surface area contributed by atoms with Crippen molar-refractivity contribution in [1.29, 1.82) is 0 Å². The zero-order chi connectivity index (χ0) is 13.7. The molecule has 0 unspecified atom stereocenters. The van der Waals surface area contributed by atoms with Crippen LogP contribution in [0.1, 0.15) is 43.0 Å². The number of benzene rings is 1. The fourth-order valence-electron chi connectivity index (χ4n) is 2.73. The predicted molar refractivity (Wildman–Crippen MR) is 79.8 cm³/mol. The molecule has 0 bridgehead atoms. The van der Waals surface area contributed by atoms with Gasteiger partial charge in [0.05, 0.1) is 0 Å². The number of rotatable bonds is 6. The molecular formula is C16H24N2O. The van der Waals surface area contributed by atoms with Crippen LogP contribution in [0.4, 0.5) is 5.69 Å². The highest BCUT2D eigenvalue weighted by Gasteiger charge is 2.18. The lowest BCUT2D eigenvalue weighted by Gasteiger charge is -2.24. The van der Waals surface area contributed by atoms with Crippen molar-refractivity contribution >= 4 is 11.5 Å². The molecule has 1 aliphatic rings. The maximum Gasteiger partial charge on any atom is 0.159 e. The Morgan fingerprint density at radius 3 is 2.47 bits per heavy atom. The molecule has 3 nitrogen and oxygen atoms in total. The van der Waals surface area contributed by atoms with E-state index in [0.29, 0.717) is 0 Å². The lowest BCUT2D eigenvalue weighted by atomic mass is 10.1. The van der Waals surface area contributed by atoms with E-state index in [1.165, 1.54) is 25.7 Å². The molecule has 1 N–H and O–H groups in total. The first-order chi connectivity index (χ1) is 9.16. The van der Waals surface area contributed by atoms with E-state index in [2.05, 4.69) is 17.3 Å². The summed E-state index contributed by atoms with van der Waals surface area (Å²) in [6.45, 7) is 3.62. The van der Waals surface area contributed by atoms with E-state index in [0.717, 1.165) is 30.4 Å². The number of Topliss-reactive ketones (excluding diaryl/α,β-unsaturated/α-hetero) is 1. The molecule has 104 valence electrons. The number of nitrogens with zero attached hydrogens (tertiary/aromatic N) is 1. The summed E-state index contributed by atoms with van der Waals surface area (Å²) < 4.78 is 0. The van der Waals surface area contributed by atoms with Crippen LogP contribution in [0.2, 0.25) is 0 Å². The van der Waals surface area contributed by atoms with Crippen molar-refractivity contribution in [2.45, 2.75) is 38.6 Å². The molecule has 0 amide bonds.